The Balaban J connectivity index is 1.49. The Morgan fingerprint density at radius 1 is 1.27 bits per heavy atom. The summed E-state index contributed by atoms with van der Waals surface area (Å²) in [6, 6.07) is 5.95. The van der Waals surface area contributed by atoms with Gasteiger partial charge in [-0.15, -0.1) is 0 Å². The molecule has 4 heterocycles. The van der Waals surface area contributed by atoms with Crippen molar-refractivity contribution in [2.75, 3.05) is 39.4 Å². The number of ether oxygens (including phenoxy) is 1. The molecule has 2 aromatic rings. The normalized spacial score (nSPS) is 20.0. The van der Waals surface area contributed by atoms with Crippen LogP contribution in [0.2, 0.25) is 0 Å². The number of hydrogen-bond donors (Lipinski definition) is 0. The van der Waals surface area contributed by atoms with E-state index in [1.807, 2.05) is 28.6 Å². The Kier molecular flexibility index (Phi) is 4.74. The smallest absolute Gasteiger partial charge is 0.244 e. The monoisotopic (exact) mass is 355 g/mol. The molecule has 1 atom stereocenters. The van der Waals surface area contributed by atoms with Crippen molar-refractivity contribution >= 4 is 5.91 Å². The van der Waals surface area contributed by atoms with Crippen molar-refractivity contribution in [3.63, 3.8) is 0 Å². The van der Waals surface area contributed by atoms with Gasteiger partial charge in [-0.3, -0.25) is 19.4 Å². The minimum Gasteiger partial charge on any atom is -0.379 e. The predicted molar refractivity (Wildman–Crippen MR) is 96.7 cm³/mol. The van der Waals surface area contributed by atoms with Crippen LogP contribution in [0.15, 0.2) is 30.6 Å². The van der Waals surface area contributed by atoms with Gasteiger partial charge in [0.05, 0.1) is 24.9 Å². The number of hydrogen-bond acceptors (Lipinski definition) is 5. The van der Waals surface area contributed by atoms with Crippen molar-refractivity contribution < 1.29 is 9.53 Å². The Bertz CT molecular complexity index is 763. The van der Waals surface area contributed by atoms with Crippen LogP contribution in [0.3, 0.4) is 0 Å². The summed E-state index contributed by atoms with van der Waals surface area (Å²) in [5.74, 6) is 0.151. The van der Waals surface area contributed by atoms with Crippen molar-refractivity contribution in [3.8, 4) is 0 Å². The van der Waals surface area contributed by atoms with Crippen LogP contribution in [0.25, 0.3) is 0 Å². The standard InChI is InChI=1S/C19H25N5O2/c1-14-10-15(2)24(21-14)17-12-23(13-17)19(25)18(16-4-3-5-20-11-16)22-6-8-26-9-7-22/h3-5,10-11,17-18H,6-9,12-13H2,1-2H3/t18-/m0/s1. The number of rotatable bonds is 4. The molecule has 0 bridgehead atoms. The highest BCUT2D eigenvalue weighted by Gasteiger charge is 2.39. The van der Waals surface area contributed by atoms with E-state index in [2.05, 4.69) is 28.0 Å². The lowest BCUT2D eigenvalue weighted by Gasteiger charge is -2.44. The van der Waals surface area contributed by atoms with E-state index in [0.29, 0.717) is 26.3 Å². The fourth-order valence-corrected chi connectivity index (χ4v) is 3.86. The molecule has 0 unspecified atom stereocenters. The second-order valence-corrected chi connectivity index (χ2v) is 7.11. The average Bonchev–Trinajstić information content (AvgIpc) is 2.94. The fourth-order valence-electron chi connectivity index (χ4n) is 3.86. The molecule has 0 spiro atoms. The first kappa shape index (κ1) is 17.2. The highest BCUT2D eigenvalue weighted by atomic mass is 16.5. The Hall–Kier alpha value is -2.25. The van der Waals surface area contributed by atoms with Gasteiger partial charge in [-0.2, -0.15) is 5.10 Å². The Labute approximate surface area is 153 Å². The first-order valence-corrected chi connectivity index (χ1v) is 9.17. The maximum absolute atomic E-state index is 13.3. The molecule has 7 nitrogen and oxygen atoms in total. The van der Waals surface area contributed by atoms with E-state index in [1.54, 1.807) is 12.4 Å². The molecule has 0 aromatic carbocycles. The maximum atomic E-state index is 13.3. The second kappa shape index (κ2) is 7.17. The number of amides is 1. The van der Waals surface area contributed by atoms with Crippen molar-refractivity contribution in [1.82, 2.24) is 24.6 Å². The number of likely N-dealkylation sites (tertiary alicyclic amines) is 1. The lowest BCUT2D eigenvalue weighted by atomic mass is 10.0. The van der Waals surface area contributed by atoms with E-state index in [0.717, 1.165) is 30.0 Å². The van der Waals surface area contributed by atoms with E-state index in [4.69, 9.17) is 4.74 Å². The largest absolute Gasteiger partial charge is 0.379 e. The molecule has 0 N–H and O–H groups in total. The van der Waals surface area contributed by atoms with E-state index in [9.17, 15) is 4.79 Å². The minimum atomic E-state index is -0.283. The summed E-state index contributed by atoms with van der Waals surface area (Å²) < 4.78 is 7.51. The summed E-state index contributed by atoms with van der Waals surface area (Å²) in [7, 11) is 0. The summed E-state index contributed by atoms with van der Waals surface area (Å²) in [4.78, 5) is 21.6. The molecule has 138 valence electrons. The third-order valence-electron chi connectivity index (χ3n) is 5.21. The van der Waals surface area contributed by atoms with Gasteiger partial charge in [-0.1, -0.05) is 6.07 Å². The summed E-state index contributed by atoms with van der Waals surface area (Å²) >= 11 is 0. The molecule has 2 saturated heterocycles. The number of morpholine rings is 1. The molecular weight excluding hydrogens is 330 g/mol. The van der Waals surface area contributed by atoms with Gasteiger partial charge in [0, 0.05) is 44.3 Å². The molecule has 0 aliphatic carbocycles. The van der Waals surface area contributed by atoms with Gasteiger partial charge in [0.2, 0.25) is 5.91 Å². The molecule has 4 rings (SSSR count). The van der Waals surface area contributed by atoms with Gasteiger partial charge in [-0.05, 0) is 31.5 Å². The van der Waals surface area contributed by atoms with Crippen molar-refractivity contribution in [1.29, 1.82) is 0 Å². The van der Waals surface area contributed by atoms with Gasteiger partial charge >= 0.3 is 0 Å². The molecule has 2 aromatic heterocycles. The average molecular weight is 355 g/mol. The van der Waals surface area contributed by atoms with Gasteiger partial charge < -0.3 is 9.64 Å². The zero-order valence-corrected chi connectivity index (χ0v) is 15.3. The molecular formula is C19H25N5O2. The number of aryl methyl sites for hydroxylation is 2. The van der Waals surface area contributed by atoms with Crippen LogP contribution in [0.5, 0.6) is 0 Å². The summed E-state index contributed by atoms with van der Waals surface area (Å²) in [6.07, 6.45) is 3.54. The molecule has 26 heavy (non-hydrogen) atoms. The van der Waals surface area contributed by atoms with Crippen LogP contribution < -0.4 is 0 Å². The van der Waals surface area contributed by atoms with E-state index in [1.165, 1.54) is 0 Å². The highest BCUT2D eigenvalue weighted by Crippen LogP contribution is 2.29. The molecule has 2 fully saturated rings. The minimum absolute atomic E-state index is 0.151. The summed E-state index contributed by atoms with van der Waals surface area (Å²) in [5, 5.41) is 4.56. The number of carbonyl (C=O) groups excluding carboxylic acids is 1. The number of carbonyl (C=O) groups is 1. The molecule has 0 saturated carbocycles. The first-order valence-electron chi connectivity index (χ1n) is 9.17. The highest BCUT2D eigenvalue weighted by molar-refractivity contribution is 5.84. The second-order valence-electron chi connectivity index (χ2n) is 7.11. The van der Waals surface area contributed by atoms with Crippen molar-refractivity contribution in [2.45, 2.75) is 25.9 Å². The zero-order valence-electron chi connectivity index (χ0n) is 15.3. The van der Waals surface area contributed by atoms with Crippen LogP contribution >= 0.6 is 0 Å². The van der Waals surface area contributed by atoms with Crippen LogP contribution in [0, 0.1) is 13.8 Å². The molecule has 2 aliphatic heterocycles. The summed E-state index contributed by atoms with van der Waals surface area (Å²) in [5.41, 5.74) is 3.12. The van der Waals surface area contributed by atoms with Gasteiger partial charge in [0.15, 0.2) is 0 Å². The number of pyridine rings is 1. The zero-order chi connectivity index (χ0) is 18.1. The number of aromatic nitrogens is 3. The Morgan fingerprint density at radius 3 is 2.65 bits per heavy atom. The van der Waals surface area contributed by atoms with E-state index >= 15 is 0 Å². The third kappa shape index (κ3) is 3.24. The van der Waals surface area contributed by atoms with Crippen LogP contribution in [-0.2, 0) is 9.53 Å². The molecule has 2 aliphatic rings. The van der Waals surface area contributed by atoms with Crippen LogP contribution in [0.1, 0.15) is 29.0 Å². The van der Waals surface area contributed by atoms with Gasteiger partial charge in [0.25, 0.3) is 0 Å². The molecule has 7 heteroatoms. The van der Waals surface area contributed by atoms with Crippen molar-refractivity contribution in [2.24, 2.45) is 0 Å². The van der Waals surface area contributed by atoms with Crippen LogP contribution in [0.4, 0.5) is 0 Å². The summed E-state index contributed by atoms with van der Waals surface area (Å²) in [6.45, 7) is 8.35. The molecule has 0 radical (unpaired) electrons. The topological polar surface area (TPSA) is 63.5 Å². The molecule has 1 amide bonds. The SMILES string of the molecule is Cc1cc(C)n(C2CN(C(=O)[C@H](c3cccnc3)N3CCOCC3)C2)n1. The van der Waals surface area contributed by atoms with Crippen LogP contribution in [-0.4, -0.2) is 69.9 Å². The quantitative estimate of drug-likeness (QED) is 0.828. The maximum Gasteiger partial charge on any atom is 0.244 e. The fraction of sp³-hybridized carbons (Fsp3) is 0.526. The van der Waals surface area contributed by atoms with E-state index in [-0.39, 0.29) is 18.0 Å². The number of nitrogens with zero attached hydrogens (tertiary/aromatic N) is 5. The predicted octanol–water partition coefficient (Wildman–Crippen LogP) is 1.35. The third-order valence-corrected chi connectivity index (χ3v) is 5.21. The van der Waals surface area contributed by atoms with E-state index < -0.39 is 0 Å². The van der Waals surface area contributed by atoms with Gasteiger partial charge in [-0.25, -0.2) is 0 Å². The van der Waals surface area contributed by atoms with Crippen molar-refractivity contribution in [3.05, 3.63) is 47.5 Å². The lowest BCUT2D eigenvalue weighted by molar-refractivity contribution is -0.145. The first-order chi connectivity index (χ1) is 12.6. The van der Waals surface area contributed by atoms with Gasteiger partial charge in [0.1, 0.15) is 6.04 Å². The lowest BCUT2D eigenvalue weighted by Crippen LogP contribution is -2.55. The Morgan fingerprint density at radius 2 is 2.04 bits per heavy atom.